The molecule has 0 saturated carbocycles. The average Bonchev–Trinajstić information content (AvgIpc) is 2.98. The lowest BCUT2D eigenvalue weighted by Crippen LogP contribution is -2.51. The number of hydrogen-bond donors (Lipinski definition) is 0. The second-order valence-electron chi connectivity index (χ2n) is 11.5. The Kier molecular flexibility index (Phi) is 6.79. The molecule has 0 heterocycles. The van der Waals surface area contributed by atoms with Crippen molar-refractivity contribution in [3.05, 3.63) is 142 Å². The first-order chi connectivity index (χ1) is 19.3. The zero-order valence-corrected chi connectivity index (χ0v) is 23.3. The molecular weight excluding hydrogens is 496 g/mol. The second kappa shape index (κ2) is 10.4. The quantitative estimate of drug-likeness (QED) is 0.237. The Morgan fingerprint density at radius 3 is 1.20 bits per heavy atom. The standard InChI is InChI=1S/C36H34O4/c1-21(2)23-11-9-13-25(19-23)35(37)39-33-31-27-15-5-7-17-29(27)32(30-18-8-6-16-28(30)31)34(33)40-36(38)26-14-10-12-24(20-26)22(3)4/h5-22,31-34H,1-4H3. The SMILES string of the molecule is CC(C)c1cccc(C(=O)OC2C3c4ccccc4C(c4ccccc43)C2OC(=O)c2cccc(C(C)C)c2)c1. The van der Waals surface area contributed by atoms with E-state index in [1.807, 2.05) is 60.7 Å². The summed E-state index contributed by atoms with van der Waals surface area (Å²) >= 11 is 0. The van der Waals surface area contributed by atoms with Gasteiger partial charge in [-0.25, -0.2) is 9.59 Å². The Balaban J connectivity index is 1.42. The van der Waals surface area contributed by atoms with Crippen LogP contribution in [0.1, 0.15) is 105 Å². The molecule has 2 unspecified atom stereocenters. The Labute approximate surface area is 236 Å². The molecule has 40 heavy (non-hydrogen) atoms. The lowest BCUT2D eigenvalue weighted by atomic mass is 9.61. The topological polar surface area (TPSA) is 52.6 Å². The van der Waals surface area contributed by atoms with Gasteiger partial charge in [0.15, 0.2) is 12.2 Å². The molecule has 4 nitrogen and oxygen atoms in total. The lowest BCUT2D eigenvalue weighted by molar-refractivity contribution is -0.0557. The largest absolute Gasteiger partial charge is 0.454 e. The summed E-state index contributed by atoms with van der Waals surface area (Å²) in [7, 11) is 0. The predicted molar refractivity (Wildman–Crippen MR) is 156 cm³/mol. The first kappa shape index (κ1) is 26.1. The first-order valence-corrected chi connectivity index (χ1v) is 14.1. The fourth-order valence-electron chi connectivity index (χ4n) is 6.28. The van der Waals surface area contributed by atoms with Gasteiger partial charge in [0.1, 0.15) is 0 Å². The van der Waals surface area contributed by atoms with Gasteiger partial charge < -0.3 is 9.47 Å². The van der Waals surface area contributed by atoms with Gasteiger partial charge in [-0.05, 0) is 69.5 Å². The van der Waals surface area contributed by atoms with Crippen LogP contribution in [-0.4, -0.2) is 24.1 Å². The maximum absolute atomic E-state index is 13.6. The number of fused-ring (bicyclic) bond motifs is 1. The third-order valence-electron chi connectivity index (χ3n) is 8.38. The maximum Gasteiger partial charge on any atom is 0.338 e. The highest BCUT2D eigenvalue weighted by molar-refractivity contribution is 5.91. The molecule has 7 rings (SSSR count). The van der Waals surface area contributed by atoms with Crippen molar-refractivity contribution in [3.63, 3.8) is 0 Å². The number of esters is 2. The summed E-state index contributed by atoms with van der Waals surface area (Å²) in [6, 6.07) is 31.7. The third-order valence-corrected chi connectivity index (χ3v) is 8.38. The van der Waals surface area contributed by atoms with Gasteiger partial charge in [0.2, 0.25) is 0 Å². The van der Waals surface area contributed by atoms with Gasteiger partial charge >= 0.3 is 11.9 Å². The summed E-state index contributed by atoms with van der Waals surface area (Å²) in [6.45, 7) is 8.40. The smallest absolute Gasteiger partial charge is 0.338 e. The lowest BCUT2D eigenvalue weighted by Gasteiger charge is -2.49. The normalized spacial score (nSPS) is 20.6. The van der Waals surface area contributed by atoms with Crippen LogP contribution in [0.2, 0.25) is 0 Å². The molecular formula is C36H34O4. The summed E-state index contributed by atoms with van der Waals surface area (Å²) < 4.78 is 12.7. The van der Waals surface area contributed by atoms with E-state index in [0.717, 1.165) is 33.4 Å². The molecule has 202 valence electrons. The van der Waals surface area contributed by atoms with Gasteiger partial charge in [-0.2, -0.15) is 0 Å². The van der Waals surface area contributed by atoms with E-state index in [9.17, 15) is 9.59 Å². The molecule has 0 aliphatic heterocycles. The minimum atomic E-state index is -0.665. The van der Waals surface area contributed by atoms with Gasteiger partial charge in [0.25, 0.3) is 0 Å². The molecule has 0 aromatic heterocycles. The fraction of sp³-hybridized carbons (Fsp3) is 0.278. The maximum atomic E-state index is 13.6. The van der Waals surface area contributed by atoms with Crippen molar-refractivity contribution < 1.29 is 19.1 Å². The highest BCUT2D eigenvalue weighted by Gasteiger charge is 2.53. The van der Waals surface area contributed by atoms with Crippen LogP contribution in [0.4, 0.5) is 0 Å². The summed E-state index contributed by atoms with van der Waals surface area (Å²) in [6.07, 6.45) is -1.33. The molecule has 0 spiro atoms. The highest BCUT2D eigenvalue weighted by atomic mass is 16.6. The third kappa shape index (κ3) is 4.52. The van der Waals surface area contributed by atoms with Crippen molar-refractivity contribution in [1.29, 1.82) is 0 Å². The van der Waals surface area contributed by atoms with E-state index in [-0.39, 0.29) is 23.7 Å². The van der Waals surface area contributed by atoms with Gasteiger partial charge in [-0.1, -0.05) is 100 Å². The van der Waals surface area contributed by atoms with E-state index in [0.29, 0.717) is 11.1 Å². The Hall–Kier alpha value is -4.18. The molecule has 0 fully saturated rings. The van der Waals surface area contributed by atoms with Crippen molar-refractivity contribution in [2.24, 2.45) is 0 Å². The number of carbonyl (C=O) groups excluding carboxylic acids is 2. The van der Waals surface area contributed by atoms with Crippen LogP contribution in [0.3, 0.4) is 0 Å². The van der Waals surface area contributed by atoms with E-state index in [1.54, 1.807) is 12.1 Å². The number of benzene rings is 4. The summed E-state index contributed by atoms with van der Waals surface area (Å²) in [5, 5.41) is 0. The molecule has 4 aromatic carbocycles. The molecule has 2 atom stereocenters. The minimum absolute atomic E-state index is 0.241. The average molecular weight is 531 g/mol. The van der Waals surface area contributed by atoms with Crippen molar-refractivity contribution in [3.8, 4) is 0 Å². The van der Waals surface area contributed by atoms with Gasteiger partial charge in [0.05, 0.1) is 23.0 Å². The van der Waals surface area contributed by atoms with Gasteiger partial charge in [0, 0.05) is 0 Å². The second-order valence-corrected chi connectivity index (χ2v) is 11.5. The van der Waals surface area contributed by atoms with Gasteiger partial charge in [-0.3, -0.25) is 0 Å². The van der Waals surface area contributed by atoms with E-state index < -0.39 is 24.1 Å². The molecule has 2 bridgehead atoms. The first-order valence-electron chi connectivity index (χ1n) is 14.1. The van der Waals surface area contributed by atoms with Crippen LogP contribution in [0.5, 0.6) is 0 Å². The molecule has 4 heteroatoms. The van der Waals surface area contributed by atoms with E-state index >= 15 is 0 Å². The summed E-state index contributed by atoms with van der Waals surface area (Å²) in [4.78, 5) is 27.3. The minimum Gasteiger partial charge on any atom is -0.454 e. The van der Waals surface area contributed by atoms with Crippen molar-refractivity contribution in [2.45, 2.75) is 63.6 Å². The fourth-order valence-corrected chi connectivity index (χ4v) is 6.28. The molecule has 0 amide bonds. The van der Waals surface area contributed by atoms with Crippen LogP contribution in [0, 0.1) is 0 Å². The summed E-state index contributed by atoms with van der Waals surface area (Å²) in [5.41, 5.74) is 7.63. The zero-order valence-electron chi connectivity index (χ0n) is 23.3. The molecule has 4 aromatic rings. The van der Waals surface area contributed by atoms with Crippen LogP contribution in [0.15, 0.2) is 97.1 Å². The van der Waals surface area contributed by atoms with Gasteiger partial charge in [-0.15, -0.1) is 0 Å². The molecule has 0 radical (unpaired) electrons. The molecule has 0 saturated heterocycles. The van der Waals surface area contributed by atoms with E-state index in [1.165, 1.54) is 0 Å². The van der Waals surface area contributed by atoms with Crippen LogP contribution >= 0.6 is 0 Å². The number of ether oxygens (including phenoxy) is 2. The Bertz CT molecular complexity index is 1420. The molecule has 3 aliphatic rings. The summed E-state index contributed by atoms with van der Waals surface area (Å²) in [5.74, 6) is -0.723. The van der Waals surface area contributed by atoms with Crippen LogP contribution in [-0.2, 0) is 9.47 Å². The zero-order chi connectivity index (χ0) is 28.0. The highest BCUT2D eigenvalue weighted by Crippen LogP contribution is 2.55. The van der Waals surface area contributed by atoms with E-state index in [4.69, 9.17) is 9.47 Å². The monoisotopic (exact) mass is 530 g/mol. The number of carbonyl (C=O) groups is 2. The molecule has 3 aliphatic carbocycles. The van der Waals surface area contributed by atoms with Crippen molar-refractivity contribution in [1.82, 2.24) is 0 Å². The number of rotatable bonds is 6. The Morgan fingerprint density at radius 1 is 0.525 bits per heavy atom. The molecule has 0 N–H and O–H groups in total. The van der Waals surface area contributed by atoms with E-state index in [2.05, 4.69) is 52.0 Å². The number of hydrogen-bond acceptors (Lipinski definition) is 4. The van der Waals surface area contributed by atoms with Crippen molar-refractivity contribution >= 4 is 11.9 Å². The van der Waals surface area contributed by atoms with Crippen LogP contribution in [0.25, 0.3) is 0 Å². The predicted octanol–water partition coefficient (Wildman–Crippen LogP) is 7.98. The van der Waals surface area contributed by atoms with Crippen LogP contribution < -0.4 is 0 Å². The van der Waals surface area contributed by atoms with Crippen molar-refractivity contribution in [2.75, 3.05) is 0 Å². The Morgan fingerprint density at radius 2 is 0.875 bits per heavy atom.